The Kier molecular flexibility index (Phi) is 8.12. The van der Waals surface area contributed by atoms with Crippen LogP contribution < -0.4 is 20.5 Å². The van der Waals surface area contributed by atoms with Gasteiger partial charge in [-0.25, -0.2) is 0 Å². The molecule has 0 aromatic heterocycles. The largest absolute Gasteiger partial charge is 0.497 e. The van der Waals surface area contributed by atoms with Crippen molar-refractivity contribution in [3.8, 4) is 11.5 Å². The molecule has 1 rings (SSSR count). The van der Waals surface area contributed by atoms with Crippen LogP contribution in [-0.2, 0) is 4.74 Å². The van der Waals surface area contributed by atoms with Crippen LogP contribution >= 0.6 is 0 Å². The van der Waals surface area contributed by atoms with Gasteiger partial charge in [0.15, 0.2) is 0 Å². The average Bonchev–Trinajstić information content (AvgIpc) is 2.51. The van der Waals surface area contributed by atoms with Crippen molar-refractivity contribution in [1.82, 2.24) is 5.32 Å². The number of hydrogen-bond donors (Lipinski definition) is 2. The molecule has 0 spiro atoms. The Labute approximate surface area is 127 Å². The van der Waals surface area contributed by atoms with E-state index in [1.807, 2.05) is 18.2 Å². The fourth-order valence-corrected chi connectivity index (χ4v) is 2.40. The number of nitrogens with two attached hydrogens (primary N) is 1. The molecule has 2 atom stereocenters. The number of hydrogen-bond acceptors (Lipinski definition) is 5. The van der Waals surface area contributed by atoms with Crippen molar-refractivity contribution in [2.24, 2.45) is 5.73 Å². The third kappa shape index (κ3) is 5.53. The summed E-state index contributed by atoms with van der Waals surface area (Å²) in [6, 6.07) is 6.23. The van der Waals surface area contributed by atoms with Gasteiger partial charge in [-0.05, 0) is 44.5 Å². The van der Waals surface area contributed by atoms with E-state index in [1.165, 1.54) is 0 Å². The van der Waals surface area contributed by atoms with Gasteiger partial charge in [-0.3, -0.25) is 0 Å². The van der Waals surface area contributed by atoms with E-state index in [0.717, 1.165) is 29.9 Å². The molecule has 5 heteroatoms. The van der Waals surface area contributed by atoms with E-state index in [-0.39, 0.29) is 12.1 Å². The summed E-state index contributed by atoms with van der Waals surface area (Å²) >= 11 is 0. The van der Waals surface area contributed by atoms with E-state index in [9.17, 15) is 0 Å². The molecule has 0 fully saturated rings. The number of ether oxygens (including phenoxy) is 3. The molecule has 0 amide bonds. The lowest BCUT2D eigenvalue weighted by Crippen LogP contribution is -2.35. The van der Waals surface area contributed by atoms with Crippen molar-refractivity contribution >= 4 is 0 Å². The highest BCUT2D eigenvalue weighted by atomic mass is 16.5. The molecule has 0 aliphatic rings. The highest BCUT2D eigenvalue weighted by molar-refractivity contribution is 5.42. The molecule has 120 valence electrons. The quantitative estimate of drug-likeness (QED) is 0.692. The van der Waals surface area contributed by atoms with Crippen LogP contribution in [0.2, 0.25) is 0 Å². The molecule has 3 N–H and O–H groups in total. The van der Waals surface area contributed by atoms with Crippen LogP contribution in [0.5, 0.6) is 11.5 Å². The first kappa shape index (κ1) is 17.8. The van der Waals surface area contributed by atoms with Crippen LogP contribution in [0.4, 0.5) is 0 Å². The maximum Gasteiger partial charge on any atom is 0.123 e. The zero-order valence-electron chi connectivity index (χ0n) is 13.5. The molecule has 0 saturated heterocycles. The van der Waals surface area contributed by atoms with Gasteiger partial charge in [0.1, 0.15) is 11.5 Å². The third-order valence-corrected chi connectivity index (χ3v) is 3.51. The molecule has 0 aliphatic carbocycles. The fourth-order valence-electron chi connectivity index (χ4n) is 2.40. The van der Waals surface area contributed by atoms with Gasteiger partial charge in [0.25, 0.3) is 0 Å². The van der Waals surface area contributed by atoms with Gasteiger partial charge in [0.05, 0.1) is 20.8 Å². The lowest BCUT2D eigenvalue weighted by atomic mass is 10.0. The predicted molar refractivity (Wildman–Crippen MR) is 85.0 cm³/mol. The maximum atomic E-state index is 5.59. The summed E-state index contributed by atoms with van der Waals surface area (Å²) in [7, 11) is 5.06. The molecular formula is C16H28N2O3. The second-order valence-corrected chi connectivity index (χ2v) is 5.08. The highest BCUT2D eigenvalue weighted by Crippen LogP contribution is 2.29. The Morgan fingerprint density at radius 1 is 1.19 bits per heavy atom. The Morgan fingerprint density at radius 2 is 1.95 bits per heavy atom. The van der Waals surface area contributed by atoms with Crippen molar-refractivity contribution in [2.75, 3.05) is 34.5 Å². The lowest BCUT2D eigenvalue weighted by molar-refractivity contribution is 0.156. The lowest BCUT2D eigenvalue weighted by Gasteiger charge is -2.24. The third-order valence-electron chi connectivity index (χ3n) is 3.51. The summed E-state index contributed by atoms with van der Waals surface area (Å²) < 4.78 is 16.0. The fraction of sp³-hybridized carbons (Fsp3) is 0.625. The minimum atomic E-state index is 0.132. The Hall–Kier alpha value is -1.30. The highest BCUT2D eigenvalue weighted by Gasteiger charge is 2.17. The Bertz CT molecular complexity index is 413. The van der Waals surface area contributed by atoms with Crippen molar-refractivity contribution in [3.63, 3.8) is 0 Å². The summed E-state index contributed by atoms with van der Waals surface area (Å²) in [5.41, 5.74) is 6.67. The predicted octanol–water partition coefficient (Wildman–Crippen LogP) is 2.11. The van der Waals surface area contributed by atoms with Gasteiger partial charge in [0, 0.05) is 24.8 Å². The molecule has 0 saturated carbocycles. The van der Waals surface area contributed by atoms with Crippen molar-refractivity contribution in [1.29, 1.82) is 0 Å². The van der Waals surface area contributed by atoms with Gasteiger partial charge in [-0.15, -0.1) is 0 Å². The summed E-state index contributed by atoms with van der Waals surface area (Å²) in [4.78, 5) is 0. The molecule has 0 heterocycles. The maximum absolute atomic E-state index is 5.59. The van der Waals surface area contributed by atoms with Crippen molar-refractivity contribution in [3.05, 3.63) is 23.8 Å². The summed E-state index contributed by atoms with van der Waals surface area (Å²) in [6.45, 7) is 3.47. The first-order valence-electron chi connectivity index (χ1n) is 7.33. The SMILES string of the molecule is COCC(CCCN)NC(C)c1cc(OC)ccc1OC. The van der Waals surface area contributed by atoms with Crippen LogP contribution in [0.15, 0.2) is 18.2 Å². The molecule has 5 nitrogen and oxygen atoms in total. The van der Waals surface area contributed by atoms with Gasteiger partial charge in [-0.2, -0.15) is 0 Å². The number of nitrogens with one attached hydrogen (secondary N) is 1. The molecule has 2 unspecified atom stereocenters. The summed E-state index contributed by atoms with van der Waals surface area (Å²) in [6.07, 6.45) is 1.96. The molecule has 0 aliphatic heterocycles. The van der Waals surface area contributed by atoms with Crippen LogP contribution in [0, 0.1) is 0 Å². The van der Waals surface area contributed by atoms with Crippen LogP contribution in [0.25, 0.3) is 0 Å². The Morgan fingerprint density at radius 3 is 2.52 bits per heavy atom. The second-order valence-electron chi connectivity index (χ2n) is 5.08. The van der Waals surface area contributed by atoms with Gasteiger partial charge in [0.2, 0.25) is 0 Å². The molecule has 1 aromatic rings. The van der Waals surface area contributed by atoms with E-state index in [4.69, 9.17) is 19.9 Å². The first-order valence-corrected chi connectivity index (χ1v) is 7.33. The minimum Gasteiger partial charge on any atom is -0.497 e. The standard InChI is InChI=1S/C16H28N2O3/c1-12(18-13(11-19-2)6-5-9-17)15-10-14(20-3)7-8-16(15)21-4/h7-8,10,12-13,18H,5-6,9,11,17H2,1-4H3. The first-order chi connectivity index (χ1) is 10.2. The van der Waals surface area contributed by atoms with Gasteiger partial charge < -0.3 is 25.3 Å². The van der Waals surface area contributed by atoms with Crippen LogP contribution in [-0.4, -0.2) is 40.5 Å². The summed E-state index contributed by atoms with van der Waals surface area (Å²) in [5, 5.41) is 3.58. The van der Waals surface area contributed by atoms with Crippen LogP contribution in [0.1, 0.15) is 31.4 Å². The molecule has 21 heavy (non-hydrogen) atoms. The summed E-state index contributed by atoms with van der Waals surface area (Å²) in [5.74, 6) is 1.68. The zero-order chi connectivity index (χ0) is 15.7. The smallest absolute Gasteiger partial charge is 0.123 e. The van der Waals surface area contributed by atoms with Crippen LogP contribution in [0.3, 0.4) is 0 Å². The number of benzene rings is 1. The van der Waals surface area contributed by atoms with E-state index in [2.05, 4.69) is 12.2 Å². The van der Waals surface area contributed by atoms with E-state index in [1.54, 1.807) is 21.3 Å². The van der Waals surface area contributed by atoms with Crippen molar-refractivity contribution < 1.29 is 14.2 Å². The second kappa shape index (κ2) is 9.60. The minimum absolute atomic E-state index is 0.132. The van der Waals surface area contributed by atoms with E-state index in [0.29, 0.717) is 13.2 Å². The monoisotopic (exact) mass is 296 g/mol. The van der Waals surface area contributed by atoms with E-state index < -0.39 is 0 Å². The zero-order valence-corrected chi connectivity index (χ0v) is 13.5. The van der Waals surface area contributed by atoms with Crippen molar-refractivity contribution in [2.45, 2.75) is 31.8 Å². The molecule has 0 radical (unpaired) electrons. The van der Waals surface area contributed by atoms with E-state index >= 15 is 0 Å². The molecular weight excluding hydrogens is 268 g/mol. The molecule has 0 bridgehead atoms. The number of methoxy groups -OCH3 is 3. The number of rotatable bonds is 10. The normalized spacial score (nSPS) is 13.8. The topological polar surface area (TPSA) is 65.7 Å². The van der Waals surface area contributed by atoms with Gasteiger partial charge in [-0.1, -0.05) is 0 Å². The molecule has 1 aromatic carbocycles. The Balaban J connectivity index is 2.82. The van der Waals surface area contributed by atoms with Gasteiger partial charge >= 0.3 is 0 Å². The average molecular weight is 296 g/mol.